The van der Waals surface area contributed by atoms with Crippen molar-refractivity contribution in [2.24, 2.45) is 5.73 Å². The molecule has 0 fully saturated rings. The molecule has 0 aliphatic heterocycles. The Kier molecular flexibility index (Phi) is 11.4. The number of aromatic nitrogens is 3. The van der Waals surface area contributed by atoms with Crippen LogP contribution in [0.3, 0.4) is 0 Å². The van der Waals surface area contributed by atoms with E-state index in [1.165, 1.54) is 11.1 Å². The van der Waals surface area contributed by atoms with Gasteiger partial charge < -0.3 is 16.8 Å². The molecule has 3 aromatic heterocycles. The lowest BCUT2D eigenvalue weighted by atomic mass is 10.0. The summed E-state index contributed by atoms with van der Waals surface area (Å²) >= 11 is 6.02. The van der Waals surface area contributed by atoms with Crippen LogP contribution in [0.2, 0.25) is 5.02 Å². The van der Waals surface area contributed by atoms with Gasteiger partial charge in [0.05, 0.1) is 10.5 Å². The number of pyridine rings is 3. The van der Waals surface area contributed by atoms with Crippen LogP contribution >= 0.6 is 11.6 Å². The lowest BCUT2D eigenvalue weighted by Gasteiger charge is -2.09. The van der Waals surface area contributed by atoms with Crippen molar-refractivity contribution in [3.8, 4) is 0 Å². The minimum Gasteiger partial charge on any atom is -0.384 e. The van der Waals surface area contributed by atoms with E-state index in [0.717, 1.165) is 46.2 Å². The zero-order valence-electron chi connectivity index (χ0n) is 21.6. The average molecular weight is 507 g/mol. The van der Waals surface area contributed by atoms with Gasteiger partial charge in [-0.3, -0.25) is 14.8 Å². The summed E-state index contributed by atoms with van der Waals surface area (Å²) in [7, 11) is 1.93. The van der Waals surface area contributed by atoms with E-state index in [1.807, 2.05) is 52.1 Å². The summed E-state index contributed by atoms with van der Waals surface area (Å²) in [6, 6.07) is 11.3. The van der Waals surface area contributed by atoms with Gasteiger partial charge in [-0.25, -0.2) is 4.98 Å². The minimum atomic E-state index is 0.404. The number of aldehydes is 1. The number of rotatable bonds is 6. The molecular formula is C28H35ClN6O. The second-order valence-corrected chi connectivity index (χ2v) is 8.45. The molecule has 3 heterocycles. The lowest BCUT2D eigenvalue weighted by Crippen LogP contribution is -2.10. The van der Waals surface area contributed by atoms with Crippen LogP contribution in [0, 0.1) is 13.8 Å². The van der Waals surface area contributed by atoms with Gasteiger partial charge >= 0.3 is 0 Å². The molecule has 0 spiro atoms. The number of benzene rings is 1. The van der Waals surface area contributed by atoms with E-state index >= 15 is 0 Å². The smallest absolute Gasteiger partial charge is 0.150 e. The molecule has 0 aliphatic carbocycles. The highest BCUT2D eigenvalue weighted by Gasteiger charge is 2.07. The third-order valence-electron chi connectivity index (χ3n) is 5.40. The molecule has 36 heavy (non-hydrogen) atoms. The molecular weight excluding hydrogens is 472 g/mol. The number of nitrogen functional groups attached to an aromatic ring is 1. The Bertz CT molecular complexity index is 1290. The lowest BCUT2D eigenvalue weighted by molar-refractivity contribution is 0.112. The predicted octanol–water partition coefficient (Wildman–Crippen LogP) is 5.17. The monoisotopic (exact) mass is 506 g/mol. The third-order valence-corrected chi connectivity index (χ3v) is 5.60. The molecule has 4 rings (SSSR count). The Labute approximate surface area is 218 Å². The van der Waals surface area contributed by atoms with Crippen LogP contribution in [-0.4, -0.2) is 28.3 Å². The maximum atomic E-state index is 10.9. The van der Waals surface area contributed by atoms with Crippen LogP contribution < -0.4 is 16.8 Å². The fraction of sp³-hybridized carbons (Fsp3) is 0.286. The molecule has 0 radical (unpaired) electrons. The van der Waals surface area contributed by atoms with Gasteiger partial charge in [-0.15, -0.1) is 0 Å². The quantitative estimate of drug-likeness (QED) is 0.308. The standard InChI is InChI=1S/C17H14ClN3O.C9H15N3.C2H6/c18-15-7-13-3-12(4-14(8-19)17(13)21-9-15)6-16-5-11(10-22)1-2-20-16;1-6-4-9(10)12-7(2)8(6)5-11-3;1-2/h1-5,7,9-10H,6,8,19H2;4,11H,5H2,1-3H3,(H2,10,12);1-2H3. The fourth-order valence-corrected chi connectivity index (χ4v) is 4.00. The molecule has 190 valence electrons. The van der Waals surface area contributed by atoms with E-state index in [4.69, 9.17) is 23.1 Å². The maximum absolute atomic E-state index is 10.9. The number of carbonyl (C=O) groups excluding carboxylic acids is 1. The summed E-state index contributed by atoms with van der Waals surface area (Å²) in [4.78, 5) is 23.7. The Morgan fingerprint density at radius 1 is 1.08 bits per heavy atom. The van der Waals surface area contributed by atoms with Gasteiger partial charge in [0.15, 0.2) is 0 Å². The summed E-state index contributed by atoms with van der Waals surface area (Å²) in [6.07, 6.45) is 4.71. The van der Waals surface area contributed by atoms with Gasteiger partial charge in [-0.05, 0) is 73.5 Å². The Morgan fingerprint density at radius 3 is 2.47 bits per heavy atom. The van der Waals surface area contributed by atoms with Crippen LogP contribution in [0.5, 0.6) is 0 Å². The number of carbonyl (C=O) groups is 1. The van der Waals surface area contributed by atoms with Gasteiger partial charge in [0, 0.05) is 54.2 Å². The molecule has 8 heteroatoms. The first kappa shape index (κ1) is 28.8. The molecule has 0 amide bonds. The predicted molar refractivity (Wildman–Crippen MR) is 149 cm³/mol. The van der Waals surface area contributed by atoms with Crippen molar-refractivity contribution in [1.29, 1.82) is 0 Å². The number of aryl methyl sites for hydroxylation is 2. The molecule has 0 bridgehead atoms. The number of nitrogens with one attached hydrogen (secondary N) is 1. The Morgan fingerprint density at radius 2 is 1.83 bits per heavy atom. The van der Waals surface area contributed by atoms with Crippen molar-refractivity contribution in [2.45, 2.75) is 47.2 Å². The van der Waals surface area contributed by atoms with Gasteiger partial charge in [0.2, 0.25) is 0 Å². The SMILES string of the molecule is CC.CNCc1c(C)cc(N)nc1C.NCc1cc(Cc2cc(C=O)ccn2)cc2cc(Cl)cnc12. The maximum Gasteiger partial charge on any atom is 0.150 e. The Balaban J connectivity index is 0.000000277. The number of nitrogens with zero attached hydrogens (tertiary/aromatic N) is 3. The first-order chi connectivity index (χ1) is 17.3. The van der Waals surface area contributed by atoms with Crippen LogP contribution in [0.4, 0.5) is 5.82 Å². The van der Waals surface area contributed by atoms with Crippen molar-refractivity contribution < 1.29 is 4.79 Å². The average Bonchev–Trinajstić information content (AvgIpc) is 2.87. The van der Waals surface area contributed by atoms with Gasteiger partial charge in [0.25, 0.3) is 0 Å². The molecule has 5 N–H and O–H groups in total. The Hall–Kier alpha value is -3.39. The van der Waals surface area contributed by atoms with Crippen molar-refractivity contribution >= 4 is 34.6 Å². The second kappa shape index (κ2) is 14.2. The van der Waals surface area contributed by atoms with E-state index in [-0.39, 0.29) is 0 Å². The summed E-state index contributed by atoms with van der Waals surface area (Å²) in [5, 5.41) is 4.65. The second-order valence-electron chi connectivity index (χ2n) is 8.02. The highest BCUT2D eigenvalue weighted by atomic mass is 35.5. The van der Waals surface area contributed by atoms with E-state index in [2.05, 4.69) is 27.2 Å². The van der Waals surface area contributed by atoms with E-state index in [1.54, 1.807) is 24.5 Å². The van der Waals surface area contributed by atoms with E-state index in [0.29, 0.717) is 29.4 Å². The van der Waals surface area contributed by atoms with Crippen molar-refractivity contribution in [3.05, 3.63) is 93.0 Å². The zero-order valence-corrected chi connectivity index (χ0v) is 22.4. The molecule has 0 unspecified atom stereocenters. The first-order valence-corrected chi connectivity index (χ1v) is 12.3. The summed E-state index contributed by atoms with van der Waals surface area (Å²) in [5.74, 6) is 0.602. The number of fused-ring (bicyclic) bond motifs is 1. The van der Waals surface area contributed by atoms with Crippen LogP contribution in [0.15, 0.2) is 48.8 Å². The largest absolute Gasteiger partial charge is 0.384 e. The molecule has 7 nitrogen and oxygen atoms in total. The normalized spacial score (nSPS) is 10.2. The van der Waals surface area contributed by atoms with E-state index in [9.17, 15) is 4.79 Å². The van der Waals surface area contributed by atoms with Crippen LogP contribution in [0.25, 0.3) is 10.9 Å². The molecule has 0 saturated carbocycles. The summed E-state index contributed by atoms with van der Waals surface area (Å²) in [5.41, 5.74) is 19.2. The highest BCUT2D eigenvalue weighted by molar-refractivity contribution is 6.31. The number of nitrogens with two attached hydrogens (primary N) is 2. The van der Waals surface area contributed by atoms with Crippen molar-refractivity contribution in [1.82, 2.24) is 20.3 Å². The molecule has 4 aromatic rings. The topological polar surface area (TPSA) is 120 Å². The van der Waals surface area contributed by atoms with Gasteiger partial charge in [-0.1, -0.05) is 31.5 Å². The van der Waals surface area contributed by atoms with Crippen molar-refractivity contribution in [2.75, 3.05) is 12.8 Å². The number of hydrogen-bond acceptors (Lipinski definition) is 7. The zero-order chi connectivity index (χ0) is 26.7. The molecule has 0 atom stereocenters. The highest BCUT2D eigenvalue weighted by Crippen LogP contribution is 2.23. The number of halogens is 1. The number of anilines is 1. The molecule has 0 aliphatic rings. The minimum absolute atomic E-state index is 0.404. The first-order valence-electron chi connectivity index (χ1n) is 11.9. The van der Waals surface area contributed by atoms with Crippen molar-refractivity contribution in [3.63, 3.8) is 0 Å². The fourth-order valence-electron chi connectivity index (χ4n) is 3.83. The van der Waals surface area contributed by atoms with E-state index < -0.39 is 0 Å². The molecule has 0 saturated heterocycles. The van der Waals surface area contributed by atoms with Gasteiger partial charge in [0.1, 0.15) is 12.1 Å². The molecule has 1 aromatic carbocycles. The van der Waals surface area contributed by atoms with Gasteiger partial charge in [-0.2, -0.15) is 0 Å². The third kappa shape index (κ3) is 7.81. The number of hydrogen-bond donors (Lipinski definition) is 3. The van der Waals surface area contributed by atoms with Crippen LogP contribution in [-0.2, 0) is 19.5 Å². The summed E-state index contributed by atoms with van der Waals surface area (Å²) in [6.45, 7) is 9.29. The summed E-state index contributed by atoms with van der Waals surface area (Å²) < 4.78 is 0. The van der Waals surface area contributed by atoms with Crippen LogP contribution in [0.1, 0.15) is 57.8 Å².